The summed E-state index contributed by atoms with van der Waals surface area (Å²) in [6.45, 7) is 2.76. The second kappa shape index (κ2) is 8.31. The number of nitrogens with one attached hydrogen (secondary N) is 2. The summed E-state index contributed by atoms with van der Waals surface area (Å²) >= 11 is 0. The Bertz CT molecular complexity index is 434. The van der Waals surface area contributed by atoms with Crippen molar-refractivity contribution in [3.63, 3.8) is 0 Å². The molecule has 1 atom stereocenters. The third-order valence-electron chi connectivity index (χ3n) is 3.12. The molecule has 1 unspecified atom stereocenters. The minimum Gasteiger partial charge on any atom is -0.396 e. The maximum Gasteiger partial charge on any atom is 0.311 e. The van der Waals surface area contributed by atoms with Crippen molar-refractivity contribution in [1.82, 2.24) is 4.98 Å². The van der Waals surface area contributed by atoms with Crippen LogP contribution in [-0.2, 0) is 0 Å². The maximum atomic E-state index is 11.0. The van der Waals surface area contributed by atoms with Gasteiger partial charge in [0.05, 0.1) is 4.92 Å². The normalized spacial score (nSPS) is 11.9. The van der Waals surface area contributed by atoms with Crippen LogP contribution in [0.25, 0.3) is 0 Å². The fourth-order valence-electron chi connectivity index (χ4n) is 2.05. The minimum atomic E-state index is -0.449. The van der Waals surface area contributed by atoms with Gasteiger partial charge in [-0.2, -0.15) is 0 Å². The van der Waals surface area contributed by atoms with Crippen LogP contribution in [0.5, 0.6) is 0 Å². The van der Waals surface area contributed by atoms with Crippen molar-refractivity contribution in [1.29, 1.82) is 0 Å². The first-order valence-corrected chi connectivity index (χ1v) is 6.80. The molecular weight excluding hydrogens is 260 g/mol. The van der Waals surface area contributed by atoms with Gasteiger partial charge >= 0.3 is 5.69 Å². The number of anilines is 2. The van der Waals surface area contributed by atoms with E-state index in [9.17, 15) is 10.1 Å². The van der Waals surface area contributed by atoms with E-state index in [1.54, 1.807) is 13.1 Å². The number of aliphatic hydroxyl groups excluding tert-OH is 1. The van der Waals surface area contributed by atoms with Gasteiger partial charge in [0.2, 0.25) is 5.82 Å². The zero-order chi connectivity index (χ0) is 15.0. The van der Waals surface area contributed by atoms with Gasteiger partial charge in [-0.05, 0) is 24.8 Å². The molecular formula is C13H22N4O3. The van der Waals surface area contributed by atoms with Crippen molar-refractivity contribution in [2.24, 2.45) is 5.92 Å². The van der Waals surface area contributed by atoms with Crippen LogP contribution in [0.2, 0.25) is 0 Å². The Morgan fingerprint density at radius 1 is 1.45 bits per heavy atom. The number of pyridine rings is 1. The molecule has 0 aliphatic carbocycles. The lowest BCUT2D eigenvalue weighted by Gasteiger charge is -2.16. The lowest BCUT2D eigenvalue weighted by molar-refractivity contribution is -0.384. The lowest BCUT2D eigenvalue weighted by atomic mass is 10.0. The van der Waals surface area contributed by atoms with Crippen LogP contribution in [0, 0.1) is 16.0 Å². The summed E-state index contributed by atoms with van der Waals surface area (Å²) in [7, 11) is 1.71. The molecule has 0 radical (unpaired) electrons. The second-order valence-electron chi connectivity index (χ2n) is 4.62. The molecule has 0 amide bonds. The van der Waals surface area contributed by atoms with Crippen molar-refractivity contribution in [2.75, 3.05) is 30.8 Å². The van der Waals surface area contributed by atoms with Gasteiger partial charge in [-0.25, -0.2) is 4.98 Å². The number of nitro groups is 1. The average molecular weight is 282 g/mol. The van der Waals surface area contributed by atoms with Crippen LogP contribution in [0.15, 0.2) is 12.1 Å². The minimum absolute atomic E-state index is 0.0387. The maximum absolute atomic E-state index is 11.0. The monoisotopic (exact) mass is 282 g/mol. The molecule has 0 aliphatic heterocycles. The second-order valence-corrected chi connectivity index (χ2v) is 4.62. The van der Waals surface area contributed by atoms with Crippen molar-refractivity contribution in [3.05, 3.63) is 22.2 Å². The average Bonchev–Trinajstić information content (AvgIpc) is 2.44. The Labute approximate surface area is 118 Å². The van der Waals surface area contributed by atoms with Crippen molar-refractivity contribution in [3.8, 4) is 0 Å². The molecule has 112 valence electrons. The Kier molecular flexibility index (Phi) is 6.72. The van der Waals surface area contributed by atoms with Gasteiger partial charge in [0, 0.05) is 26.3 Å². The molecule has 0 saturated carbocycles. The number of rotatable bonds is 9. The Morgan fingerprint density at radius 3 is 2.75 bits per heavy atom. The highest BCUT2D eigenvalue weighted by Crippen LogP contribution is 2.24. The van der Waals surface area contributed by atoms with E-state index in [0.717, 1.165) is 12.8 Å². The molecule has 0 saturated heterocycles. The molecule has 1 heterocycles. The van der Waals surface area contributed by atoms with Gasteiger partial charge in [-0.15, -0.1) is 0 Å². The molecule has 0 bridgehead atoms. The first-order valence-electron chi connectivity index (χ1n) is 6.80. The molecule has 3 N–H and O–H groups in total. The first kappa shape index (κ1) is 16.2. The first-order chi connectivity index (χ1) is 9.62. The Hall–Kier alpha value is -1.89. The van der Waals surface area contributed by atoms with Crippen LogP contribution in [0.4, 0.5) is 17.3 Å². The van der Waals surface area contributed by atoms with Gasteiger partial charge in [0.25, 0.3) is 0 Å². The van der Waals surface area contributed by atoms with Crippen LogP contribution in [-0.4, -0.2) is 35.2 Å². The fourth-order valence-corrected chi connectivity index (χ4v) is 2.05. The molecule has 0 fully saturated rings. The predicted molar refractivity (Wildman–Crippen MR) is 79.0 cm³/mol. The zero-order valence-electron chi connectivity index (χ0n) is 11.9. The highest BCUT2D eigenvalue weighted by molar-refractivity contribution is 5.60. The van der Waals surface area contributed by atoms with E-state index in [-0.39, 0.29) is 24.0 Å². The molecule has 7 nitrogen and oxygen atoms in total. The fraction of sp³-hybridized carbons (Fsp3) is 0.615. The van der Waals surface area contributed by atoms with E-state index in [1.807, 2.05) is 0 Å². The number of aliphatic hydroxyl groups is 1. The summed E-state index contributed by atoms with van der Waals surface area (Å²) in [6, 6.07) is 3.00. The number of nitrogens with zero attached hydrogens (tertiary/aromatic N) is 2. The number of hydrogen-bond acceptors (Lipinski definition) is 6. The molecule has 0 aromatic carbocycles. The summed E-state index contributed by atoms with van der Waals surface area (Å²) in [5.74, 6) is 1.12. The van der Waals surface area contributed by atoms with E-state index in [2.05, 4.69) is 22.5 Å². The molecule has 1 aromatic rings. The van der Waals surface area contributed by atoms with Crippen LogP contribution in [0.3, 0.4) is 0 Å². The van der Waals surface area contributed by atoms with Crippen molar-refractivity contribution < 1.29 is 10.0 Å². The topological polar surface area (TPSA) is 100 Å². The van der Waals surface area contributed by atoms with E-state index in [0.29, 0.717) is 18.8 Å². The molecule has 20 heavy (non-hydrogen) atoms. The highest BCUT2D eigenvalue weighted by Gasteiger charge is 2.17. The third-order valence-corrected chi connectivity index (χ3v) is 3.12. The molecule has 0 aliphatic rings. The molecule has 1 aromatic heterocycles. The Morgan fingerprint density at radius 2 is 2.20 bits per heavy atom. The SMILES string of the molecule is CCCC(CCO)CNc1nc(NC)ccc1[N+](=O)[O-]. The summed E-state index contributed by atoms with van der Waals surface area (Å²) in [5.41, 5.74) is -0.0387. The zero-order valence-corrected chi connectivity index (χ0v) is 11.9. The van der Waals surface area contributed by atoms with Gasteiger partial charge in [0.1, 0.15) is 5.82 Å². The van der Waals surface area contributed by atoms with E-state index in [1.165, 1.54) is 6.07 Å². The summed E-state index contributed by atoms with van der Waals surface area (Å²) in [4.78, 5) is 14.7. The van der Waals surface area contributed by atoms with Gasteiger partial charge in [-0.3, -0.25) is 10.1 Å². The molecule has 1 rings (SSSR count). The van der Waals surface area contributed by atoms with Gasteiger partial charge in [-0.1, -0.05) is 13.3 Å². The number of hydrogen-bond donors (Lipinski definition) is 3. The van der Waals surface area contributed by atoms with Gasteiger partial charge in [0.15, 0.2) is 0 Å². The Balaban J connectivity index is 2.80. The van der Waals surface area contributed by atoms with E-state index in [4.69, 9.17) is 5.11 Å². The van der Waals surface area contributed by atoms with Crippen LogP contribution < -0.4 is 10.6 Å². The number of aromatic nitrogens is 1. The molecule has 7 heteroatoms. The van der Waals surface area contributed by atoms with Crippen LogP contribution >= 0.6 is 0 Å². The standard InChI is InChI=1S/C13H22N4O3/c1-3-4-10(7-8-18)9-15-13-11(17(19)20)5-6-12(14-2)16-13/h5-6,10,18H,3-4,7-9H2,1-2H3,(H2,14,15,16). The lowest BCUT2D eigenvalue weighted by Crippen LogP contribution is -2.17. The molecule has 0 spiro atoms. The smallest absolute Gasteiger partial charge is 0.311 e. The summed E-state index contributed by atoms with van der Waals surface area (Å²) < 4.78 is 0. The summed E-state index contributed by atoms with van der Waals surface area (Å²) in [5, 5.41) is 25.9. The largest absolute Gasteiger partial charge is 0.396 e. The van der Waals surface area contributed by atoms with E-state index < -0.39 is 4.92 Å². The predicted octanol–water partition coefficient (Wildman–Crippen LogP) is 2.24. The van der Waals surface area contributed by atoms with Crippen molar-refractivity contribution >= 4 is 17.3 Å². The highest BCUT2D eigenvalue weighted by atomic mass is 16.6. The van der Waals surface area contributed by atoms with E-state index >= 15 is 0 Å². The van der Waals surface area contributed by atoms with Crippen LogP contribution in [0.1, 0.15) is 26.2 Å². The summed E-state index contributed by atoms with van der Waals surface area (Å²) in [6.07, 6.45) is 2.66. The van der Waals surface area contributed by atoms with Crippen molar-refractivity contribution in [2.45, 2.75) is 26.2 Å². The quantitative estimate of drug-likeness (QED) is 0.474. The van der Waals surface area contributed by atoms with Gasteiger partial charge < -0.3 is 15.7 Å². The third kappa shape index (κ3) is 4.65.